The van der Waals surface area contributed by atoms with Crippen LogP contribution in [-0.2, 0) is 11.3 Å². The van der Waals surface area contributed by atoms with Gasteiger partial charge in [0.2, 0.25) is 0 Å². The van der Waals surface area contributed by atoms with Gasteiger partial charge in [-0.05, 0) is 25.0 Å². The molecule has 0 aliphatic carbocycles. The molecule has 17 heavy (non-hydrogen) atoms. The highest BCUT2D eigenvalue weighted by Gasteiger charge is 2.06. The lowest BCUT2D eigenvalue weighted by Gasteiger charge is -2.14. The number of nitrogens with one attached hydrogen (secondary N) is 2. The van der Waals surface area contributed by atoms with E-state index in [0.717, 1.165) is 5.56 Å². The van der Waals surface area contributed by atoms with Crippen molar-refractivity contribution < 1.29 is 9.53 Å². The van der Waals surface area contributed by atoms with Gasteiger partial charge in [-0.15, -0.1) is 0 Å². The van der Waals surface area contributed by atoms with Crippen molar-refractivity contribution in [3.05, 3.63) is 35.4 Å². The van der Waals surface area contributed by atoms with Crippen molar-refractivity contribution in [1.82, 2.24) is 10.6 Å². The van der Waals surface area contributed by atoms with E-state index >= 15 is 0 Å². The molecule has 1 unspecified atom stereocenters. The molecule has 0 aliphatic heterocycles. The van der Waals surface area contributed by atoms with Crippen molar-refractivity contribution in [2.45, 2.75) is 26.4 Å². The second kappa shape index (κ2) is 6.91. The predicted octanol–water partition coefficient (Wildman–Crippen LogP) is 1.83. The predicted molar refractivity (Wildman–Crippen MR) is 67.9 cm³/mol. The van der Waals surface area contributed by atoms with E-state index in [1.165, 1.54) is 5.56 Å². The molecule has 1 atom stereocenters. The van der Waals surface area contributed by atoms with Crippen LogP contribution in [0.2, 0.25) is 0 Å². The number of amides is 2. The first-order valence-corrected chi connectivity index (χ1v) is 5.71. The van der Waals surface area contributed by atoms with Gasteiger partial charge in [-0.1, -0.05) is 24.3 Å². The average Bonchev–Trinajstić information content (AvgIpc) is 2.28. The number of aryl methyl sites for hydroxylation is 1. The van der Waals surface area contributed by atoms with Gasteiger partial charge in [0.15, 0.2) is 0 Å². The molecule has 0 saturated carbocycles. The third-order valence-corrected chi connectivity index (χ3v) is 2.49. The maximum absolute atomic E-state index is 11.5. The van der Waals surface area contributed by atoms with Crippen molar-refractivity contribution in [2.24, 2.45) is 0 Å². The van der Waals surface area contributed by atoms with Crippen LogP contribution in [0.5, 0.6) is 0 Å². The van der Waals surface area contributed by atoms with Crippen LogP contribution in [0.4, 0.5) is 4.79 Å². The molecule has 4 nitrogen and oxygen atoms in total. The summed E-state index contributed by atoms with van der Waals surface area (Å²) < 4.78 is 4.94. The van der Waals surface area contributed by atoms with Crippen molar-refractivity contribution >= 4 is 6.03 Å². The van der Waals surface area contributed by atoms with Gasteiger partial charge in [0.25, 0.3) is 0 Å². The molecule has 2 N–H and O–H groups in total. The van der Waals surface area contributed by atoms with E-state index in [1.54, 1.807) is 7.11 Å². The summed E-state index contributed by atoms with van der Waals surface area (Å²) in [5.41, 5.74) is 2.31. The smallest absolute Gasteiger partial charge is 0.315 e. The first-order chi connectivity index (χ1) is 8.13. The Kier molecular flexibility index (Phi) is 5.49. The first-order valence-electron chi connectivity index (χ1n) is 5.71. The highest BCUT2D eigenvalue weighted by Crippen LogP contribution is 2.05. The van der Waals surface area contributed by atoms with Crippen LogP contribution in [0.15, 0.2) is 24.3 Å². The normalized spacial score (nSPS) is 11.9. The second-order valence-electron chi connectivity index (χ2n) is 4.11. The van der Waals surface area contributed by atoms with Crippen LogP contribution >= 0.6 is 0 Å². The molecule has 0 bridgehead atoms. The van der Waals surface area contributed by atoms with E-state index in [1.807, 2.05) is 38.1 Å². The lowest BCUT2D eigenvalue weighted by atomic mass is 10.1. The van der Waals surface area contributed by atoms with E-state index in [0.29, 0.717) is 13.2 Å². The van der Waals surface area contributed by atoms with Gasteiger partial charge in [-0.2, -0.15) is 0 Å². The van der Waals surface area contributed by atoms with Gasteiger partial charge >= 0.3 is 6.03 Å². The zero-order chi connectivity index (χ0) is 12.7. The van der Waals surface area contributed by atoms with E-state index in [4.69, 9.17) is 4.74 Å². The Labute approximate surface area is 102 Å². The summed E-state index contributed by atoms with van der Waals surface area (Å²) in [7, 11) is 1.61. The fourth-order valence-corrected chi connectivity index (χ4v) is 1.55. The molecule has 0 aliphatic rings. The standard InChI is InChI=1S/C13H20N2O2/c1-10-6-4-5-7-12(10)8-14-13(16)15-11(2)9-17-3/h4-7,11H,8-9H2,1-3H3,(H2,14,15,16). The minimum atomic E-state index is -0.169. The van der Waals surface area contributed by atoms with Crippen molar-refractivity contribution in [2.75, 3.05) is 13.7 Å². The summed E-state index contributed by atoms with van der Waals surface area (Å²) in [6, 6.07) is 7.83. The van der Waals surface area contributed by atoms with Crippen molar-refractivity contribution in [3.8, 4) is 0 Å². The molecule has 2 amide bonds. The SMILES string of the molecule is COCC(C)NC(=O)NCc1ccccc1C. The quantitative estimate of drug-likeness (QED) is 0.819. The fourth-order valence-electron chi connectivity index (χ4n) is 1.55. The molecule has 94 valence electrons. The Balaban J connectivity index is 2.36. The summed E-state index contributed by atoms with van der Waals surface area (Å²) in [4.78, 5) is 11.5. The highest BCUT2D eigenvalue weighted by molar-refractivity contribution is 5.74. The Morgan fingerprint density at radius 1 is 1.41 bits per heavy atom. The average molecular weight is 236 g/mol. The number of carbonyl (C=O) groups is 1. The third-order valence-electron chi connectivity index (χ3n) is 2.49. The topological polar surface area (TPSA) is 50.4 Å². The Bertz CT molecular complexity index is 366. The molecule has 1 aromatic carbocycles. The molecule has 0 saturated heterocycles. The Morgan fingerprint density at radius 2 is 2.12 bits per heavy atom. The summed E-state index contributed by atoms with van der Waals surface area (Å²) in [5.74, 6) is 0. The summed E-state index contributed by atoms with van der Waals surface area (Å²) in [6.45, 7) is 4.98. The largest absolute Gasteiger partial charge is 0.383 e. The maximum atomic E-state index is 11.5. The minimum absolute atomic E-state index is 0.0110. The number of rotatable bonds is 5. The van der Waals surface area contributed by atoms with Crippen molar-refractivity contribution in [3.63, 3.8) is 0 Å². The number of methoxy groups -OCH3 is 1. The van der Waals surface area contributed by atoms with Crippen molar-refractivity contribution in [1.29, 1.82) is 0 Å². The summed E-state index contributed by atoms with van der Waals surface area (Å²) >= 11 is 0. The monoisotopic (exact) mass is 236 g/mol. The summed E-state index contributed by atoms with van der Waals surface area (Å²) in [5, 5.41) is 5.62. The molecule has 0 aromatic heterocycles. The molecular weight excluding hydrogens is 216 g/mol. The number of benzene rings is 1. The van der Waals surface area contributed by atoms with Gasteiger partial charge in [-0.3, -0.25) is 0 Å². The van der Waals surface area contributed by atoms with Gasteiger partial charge < -0.3 is 15.4 Å². The minimum Gasteiger partial charge on any atom is -0.383 e. The van der Waals surface area contributed by atoms with E-state index in [-0.39, 0.29) is 12.1 Å². The molecule has 0 radical (unpaired) electrons. The number of hydrogen-bond donors (Lipinski definition) is 2. The van der Waals surface area contributed by atoms with Crippen LogP contribution in [0.3, 0.4) is 0 Å². The molecular formula is C13H20N2O2. The van der Waals surface area contributed by atoms with E-state index < -0.39 is 0 Å². The summed E-state index contributed by atoms with van der Waals surface area (Å²) in [6.07, 6.45) is 0. The number of ether oxygens (including phenoxy) is 1. The van der Waals surface area contributed by atoms with E-state index in [9.17, 15) is 4.79 Å². The lowest BCUT2D eigenvalue weighted by molar-refractivity contribution is 0.171. The second-order valence-corrected chi connectivity index (χ2v) is 4.11. The van der Waals surface area contributed by atoms with Crippen LogP contribution in [-0.4, -0.2) is 25.8 Å². The Morgan fingerprint density at radius 3 is 2.76 bits per heavy atom. The fraction of sp³-hybridized carbons (Fsp3) is 0.462. The molecule has 1 rings (SSSR count). The van der Waals surface area contributed by atoms with Gasteiger partial charge in [-0.25, -0.2) is 4.79 Å². The van der Waals surface area contributed by atoms with Gasteiger partial charge in [0, 0.05) is 13.7 Å². The molecule has 4 heteroatoms. The molecule has 0 spiro atoms. The first kappa shape index (κ1) is 13.5. The molecule has 0 heterocycles. The molecule has 1 aromatic rings. The number of carbonyl (C=O) groups excluding carboxylic acids is 1. The van der Waals surface area contributed by atoms with Crippen LogP contribution in [0, 0.1) is 6.92 Å². The Hall–Kier alpha value is -1.55. The zero-order valence-electron chi connectivity index (χ0n) is 10.6. The zero-order valence-corrected chi connectivity index (χ0v) is 10.6. The highest BCUT2D eigenvalue weighted by atomic mass is 16.5. The number of hydrogen-bond acceptors (Lipinski definition) is 2. The molecule has 0 fully saturated rings. The maximum Gasteiger partial charge on any atom is 0.315 e. The van der Waals surface area contributed by atoms with Crippen LogP contribution in [0.1, 0.15) is 18.1 Å². The number of urea groups is 1. The van der Waals surface area contributed by atoms with Gasteiger partial charge in [0.05, 0.1) is 12.6 Å². The lowest BCUT2D eigenvalue weighted by Crippen LogP contribution is -2.42. The van der Waals surface area contributed by atoms with Crippen LogP contribution in [0.25, 0.3) is 0 Å². The van der Waals surface area contributed by atoms with Crippen LogP contribution < -0.4 is 10.6 Å². The van der Waals surface area contributed by atoms with E-state index in [2.05, 4.69) is 10.6 Å². The van der Waals surface area contributed by atoms with Gasteiger partial charge in [0.1, 0.15) is 0 Å². The third kappa shape index (κ3) is 4.87.